The van der Waals surface area contributed by atoms with Crippen molar-refractivity contribution in [1.29, 1.82) is 0 Å². The van der Waals surface area contributed by atoms with Crippen LogP contribution in [-0.4, -0.2) is 5.11 Å². The molecule has 0 aromatic heterocycles. The van der Waals surface area contributed by atoms with Gasteiger partial charge in [0.2, 0.25) is 0 Å². The summed E-state index contributed by atoms with van der Waals surface area (Å²) in [6, 6.07) is 4.90. The van der Waals surface area contributed by atoms with Gasteiger partial charge in [0.15, 0.2) is 0 Å². The van der Waals surface area contributed by atoms with Gasteiger partial charge in [0, 0.05) is 5.56 Å². The van der Waals surface area contributed by atoms with Crippen LogP contribution in [0.5, 0.6) is 0 Å². The zero-order valence-corrected chi connectivity index (χ0v) is 7.68. The zero-order chi connectivity index (χ0) is 9.47. The maximum atomic E-state index is 13.3. The molecule has 13 heavy (non-hydrogen) atoms. The van der Waals surface area contributed by atoms with Crippen molar-refractivity contribution in [1.82, 2.24) is 0 Å². The van der Waals surface area contributed by atoms with Crippen LogP contribution in [0.4, 0.5) is 4.39 Å². The highest BCUT2D eigenvalue weighted by Gasteiger charge is 2.38. The van der Waals surface area contributed by atoms with E-state index in [1.807, 2.05) is 6.92 Å². The molecule has 0 saturated heterocycles. The van der Waals surface area contributed by atoms with E-state index in [1.165, 1.54) is 6.07 Å². The third-order valence-electron chi connectivity index (χ3n) is 2.80. The maximum Gasteiger partial charge on any atom is 0.129 e. The predicted octanol–water partition coefficient (Wildman–Crippen LogP) is 2.51. The summed E-state index contributed by atoms with van der Waals surface area (Å²) in [5.74, 6) is -0.284. The Balaban J connectivity index is 2.43. The second-order valence-corrected chi connectivity index (χ2v) is 3.87. The van der Waals surface area contributed by atoms with E-state index in [9.17, 15) is 9.50 Å². The lowest BCUT2D eigenvalue weighted by molar-refractivity contribution is -0.0416. The second kappa shape index (κ2) is 2.81. The minimum absolute atomic E-state index is 0.284. The molecule has 0 aliphatic heterocycles. The van der Waals surface area contributed by atoms with Gasteiger partial charge in [-0.15, -0.1) is 0 Å². The smallest absolute Gasteiger partial charge is 0.129 e. The van der Waals surface area contributed by atoms with Crippen LogP contribution in [-0.2, 0) is 5.60 Å². The van der Waals surface area contributed by atoms with Gasteiger partial charge in [0.05, 0.1) is 5.60 Å². The maximum absolute atomic E-state index is 13.3. The van der Waals surface area contributed by atoms with Crippen LogP contribution in [0.25, 0.3) is 0 Å². The first kappa shape index (κ1) is 8.70. The topological polar surface area (TPSA) is 20.2 Å². The average molecular weight is 180 g/mol. The van der Waals surface area contributed by atoms with Gasteiger partial charge in [0.1, 0.15) is 5.82 Å². The number of halogens is 1. The quantitative estimate of drug-likeness (QED) is 0.704. The molecule has 1 aliphatic rings. The lowest BCUT2D eigenvalue weighted by atomic mass is 9.74. The first-order valence-electron chi connectivity index (χ1n) is 4.61. The minimum atomic E-state index is -0.879. The fourth-order valence-electron chi connectivity index (χ4n) is 1.78. The predicted molar refractivity (Wildman–Crippen MR) is 48.9 cm³/mol. The van der Waals surface area contributed by atoms with E-state index in [-0.39, 0.29) is 5.82 Å². The number of rotatable bonds is 1. The molecular formula is C11H13FO. The standard InChI is InChI=1S/C11H13FO/c1-8-3-4-10(12)9(7-8)11(13)5-2-6-11/h3-4,7,13H,2,5-6H2,1H3. The molecule has 1 aliphatic carbocycles. The molecule has 0 bridgehead atoms. The lowest BCUT2D eigenvalue weighted by Crippen LogP contribution is -2.34. The largest absolute Gasteiger partial charge is 0.385 e. The molecular weight excluding hydrogens is 167 g/mol. The molecule has 1 N–H and O–H groups in total. The highest BCUT2D eigenvalue weighted by Crippen LogP contribution is 2.42. The van der Waals surface area contributed by atoms with Crippen molar-refractivity contribution in [3.05, 3.63) is 35.1 Å². The Morgan fingerprint density at radius 3 is 2.62 bits per heavy atom. The number of hydrogen-bond acceptors (Lipinski definition) is 1. The summed E-state index contributed by atoms with van der Waals surface area (Å²) in [5.41, 5.74) is 0.589. The summed E-state index contributed by atoms with van der Waals surface area (Å²) in [6.45, 7) is 1.91. The van der Waals surface area contributed by atoms with Crippen molar-refractivity contribution in [2.75, 3.05) is 0 Å². The molecule has 1 aromatic rings. The summed E-state index contributed by atoms with van der Waals surface area (Å²) in [4.78, 5) is 0. The summed E-state index contributed by atoms with van der Waals surface area (Å²) in [6.07, 6.45) is 2.37. The van der Waals surface area contributed by atoms with Gasteiger partial charge < -0.3 is 5.11 Å². The van der Waals surface area contributed by atoms with Gasteiger partial charge in [-0.25, -0.2) is 4.39 Å². The Morgan fingerprint density at radius 2 is 2.08 bits per heavy atom. The fraction of sp³-hybridized carbons (Fsp3) is 0.455. The summed E-state index contributed by atoms with van der Waals surface area (Å²) in [5, 5.41) is 9.95. The van der Waals surface area contributed by atoms with E-state index in [4.69, 9.17) is 0 Å². The van der Waals surface area contributed by atoms with Gasteiger partial charge in [-0.3, -0.25) is 0 Å². The van der Waals surface area contributed by atoms with Crippen molar-refractivity contribution in [2.45, 2.75) is 31.8 Å². The highest BCUT2D eigenvalue weighted by atomic mass is 19.1. The molecule has 1 nitrogen and oxygen atoms in total. The molecule has 2 rings (SSSR count). The average Bonchev–Trinajstić information content (AvgIpc) is 2.05. The Hall–Kier alpha value is -0.890. The van der Waals surface area contributed by atoms with Crippen molar-refractivity contribution in [3.63, 3.8) is 0 Å². The van der Waals surface area contributed by atoms with Crippen LogP contribution < -0.4 is 0 Å². The zero-order valence-electron chi connectivity index (χ0n) is 7.68. The summed E-state index contributed by atoms with van der Waals surface area (Å²) >= 11 is 0. The van der Waals surface area contributed by atoms with Gasteiger partial charge in [0.25, 0.3) is 0 Å². The van der Waals surface area contributed by atoms with Gasteiger partial charge >= 0.3 is 0 Å². The molecule has 0 amide bonds. The highest BCUT2D eigenvalue weighted by molar-refractivity contribution is 5.30. The SMILES string of the molecule is Cc1ccc(F)c(C2(O)CCC2)c1. The van der Waals surface area contributed by atoms with Gasteiger partial charge in [-0.05, 0) is 32.3 Å². The van der Waals surface area contributed by atoms with Crippen molar-refractivity contribution in [3.8, 4) is 0 Å². The first-order valence-corrected chi connectivity index (χ1v) is 4.61. The van der Waals surface area contributed by atoms with E-state index in [1.54, 1.807) is 12.1 Å². The summed E-state index contributed by atoms with van der Waals surface area (Å²) < 4.78 is 13.3. The second-order valence-electron chi connectivity index (χ2n) is 3.87. The van der Waals surface area contributed by atoms with Crippen molar-refractivity contribution < 1.29 is 9.50 Å². The van der Waals surface area contributed by atoms with Crippen LogP contribution in [0.3, 0.4) is 0 Å². The van der Waals surface area contributed by atoms with E-state index in [0.29, 0.717) is 18.4 Å². The van der Waals surface area contributed by atoms with Crippen LogP contribution in [0.15, 0.2) is 18.2 Å². The van der Waals surface area contributed by atoms with Crippen LogP contribution in [0.1, 0.15) is 30.4 Å². The Kier molecular flexibility index (Phi) is 1.88. The number of aliphatic hydroxyl groups is 1. The van der Waals surface area contributed by atoms with E-state index < -0.39 is 5.60 Å². The molecule has 1 aromatic carbocycles. The Labute approximate surface area is 77.2 Å². The molecule has 1 saturated carbocycles. The molecule has 2 heteroatoms. The molecule has 0 heterocycles. The normalized spacial score (nSPS) is 19.6. The number of aryl methyl sites for hydroxylation is 1. The molecule has 1 fully saturated rings. The number of benzene rings is 1. The lowest BCUT2D eigenvalue weighted by Gasteiger charge is -2.37. The van der Waals surface area contributed by atoms with Gasteiger partial charge in [-0.2, -0.15) is 0 Å². The molecule has 0 unspecified atom stereocenters. The van der Waals surface area contributed by atoms with E-state index >= 15 is 0 Å². The summed E-state index contributed by atoms with van der Waals surface area (Å²) in [7, 11) is 0. The van der Waals surface area contributed by atoms with Crippen LogP contribution in [0, 0.1) is 12.7 Å². The van der Waals surface area contributed by atoms with E-state index in [0.717, 1.165) is 12.0 Å². The monoisotopic (exact) mass is 180 g/mol. The molecule has 0 radical (unpaired) electrons. The van der Waals surface area contributed by atoms with E-state index in [2.05, 4.69) is 0 Å². The minimum Gasteiger partial charge on any atom is -0.385 e. The molecule has 0 spiro atoms. The molecule has 0 atom stereocenters. The van der Waals surface area contributed by atoms with Gasteiger partial charge in [-0.1, -0.05) is 17.7 Å². The fourth-order valence-corrected chi connectivity index (χ4v) is 1.78. The third-order valence-corrected chi connectivity index (χ3v) is 2.80. The Morgan fingerprint density at radius 1 is 1.38 bits per heavy atom. The third kappa shape index (κ3) is 1.35. The molecule has 70 valence electrons. The van der Waals surface area contributed by atoms with Crippen LogP contribution >= 0.6 is 0 Å². The van der Waals surface area contributed by atoms with Crippen molar-refractivity contribution >= 4 is 0 Å². The number of hydrogen-bond donors (Lipinski definition) is 1. The van der Waals surface area contributed by atoms with Crippen LogP contribution in [0.2, 0.25) is 0 Å². The first-order chi connectivity index (χ1) is 6.12. The van der Waals surface area contributed by atoms with Crippen molar-refractivity contribution in [2.24, 2.45) is 0 Å². The Bertz CT molecular complexity index is 329.